The van der Waals surface area contributed by atoms with Crippen LogP contribution in [0, 0.1) is 0 Å². The Balaban J connectivity index is 2.43. The molecule has 0 aromatic heterocycles. The molecule has 0 saturated carbocycles. The molecular weight excluding hydrogens is 246 g/mol. The average molecular weight is 267 g/mol. The lowest BCUT2D eigenvalue weighted by molar-refractivity contribution is 0.112. The van der Waals surface area contributed by atoms with Gasteiger partial charge in [0.25, 0.3) is 0 Å². The summed E-state index contributed by atoms with van der Waals surface area (Å²) in [7, 11) is 0. The Morgan fingerprint density at radius 2 is 1.70 bits per heavy atom. The van der Waals surface area contributed by atoms with Crippen molar-refractivity contribution in [3.8, 4) is 11.1 Å². The van der Waals surface area contributed by atoms with Crippen molar-refractivity contribution >= 4 is 6.29 Å². The molecule has 2 nitrogen and oxygen atoms in total. The molecule has 104 valence electrons. The lowest BCUT2D eigenvalue weighted by Gasteiger charge is -2.20. The molecule has 0 saturated heterocycles. The van der Waals surface area contributed by atoms with Gasteiger partial charge in [-0.25, -0.2) is 0 Å². The SMILES string of the molecule is CCN(CC)Cc1cc(C=O)ccc1-c1ccccc1. The second-order valence-corrected chi connectivity index (χ2v) is 4.86. The maximum Gasteiger partial charge on any atom is 0.150 e. The molecule has 0 atom stereocenters. The van der Waals surface area contributed by atoms with Gasteiger partial charge in [-0.1, -0.05) is 56.3 Å². The molecular formula is C18H21NO. The van der Waals surface area contributed by atoms with Crippen LogP contribution in [0.25, 0.3) is 11.1 Å². The topological polar surface area (TPSA) is 20.3 Å². The van der Waals surface area contributed by atoms with Crippen LogP contribution in [0.2, 0.25) is 0 Å². The minimum atomic E-state index is 0.742. The van der Waals surface area contributed by atoms with Gasteiger partial charge in [-0.2, -0.15) is 0 Å². The molecule has 2 heteroatoms. The first-order valence-electron chi connectivity index (χ1n) is 7.14. The van der Waals surface area contributed by atoms with E-state index in [9.17, 15) is 4.79 Å². The number of hydrogen-bond donors (Lipinski definition) is 0. The van der Waals surface area contributed by atoms with Gasteiger partial charge >= 0.3 is 0 Å². The molecule has 0 fully saturated rings. The average Bonchev–Trinajstić information content (AvgIpc) is 2.53. The van der Waals surface area contributed by atoms with Crippen LogP contribution in [0.3, 0.4) is 0 Å². The number of nitrogens with zero attached hydrogens (tertiary/aromatic N) is 1. The first kappa shape index (κ1) is 14.5. The smallest absolute Gasteiger partial charge is 0.150 e. The molecule has 0 aliphatic rings. The van der Waals surface area contributed by atoms with Gasteiger partial charge in [0.2, 0.25) is 0 Å². The number of rotatable bonds is 6. The normalized spacial score (nSPS) is 10.8. The van der Waals surface area contributed by atoms with Crippen molar-refractivity contribution in [1.82, 2.24) is 4.90 Å². The highest BCUT2D eigenvalue weighted by Crippen LogP contribution is 2.25. The lowest BCUT2D eigenvalue weighted by atomic mass is 9.97. The van der Waals surface area contributed by atoms with Gasteiger partial charge in [-0.3, -0.25) is 9.69 Å². The van der Waals surface area contributed by atoms with Crippen molar-refractivity contribution in [3.63, 3.8) is 0 Å². The van der Waals surface area contributed by atoms with Gasteiger partial charge in [0.15, 0.2) is 0 Å². The minimum absolute atomic E-state index is 0.742. The van der Waals surface area contributed by atoms with E-state index >= 15 is 0 Å². The third-order valence-electron chi connectivity index (χ3n) is 3.64. The Bertz CT molecular complexity index is 559. The van der Waals surface area contributed by atoms with Crippen LogP contribution in [-0.4, -0.2) is 24.3 Å². The van der Waals surface area contributed by atoms with Crippen molar-refractivity contribution in [1.29, 1.82) is 0 Å². The van der Waals surface area contributed by atoms with E-state index < -0.39 is 0 Å². The van der Waals surface area contributed by atoms with E-state index in [2.05, 4.69) is 36.9 Å². The number of benzene rings is 2. The Labute approximate surface area is 121 Å². The zero-order chi connectivity index (χ0) is 14.4. The summed E-state index contributed by atoms with van der Waals surface area (Å²) < 4.78 is 0. The number of aldehydes is 1. The van der Waals surface area contributed by atoms with Crippen LogP contribution in [0.4, 0.5) is 0 Å². The third-order valence-corrected chi connectivity index (χ3v) is 3.64. The third kappa shape index (κ3) is 3.34. The van der Waals surface area contributed by atoms with Crippen LogP contribution in [0.15, 0.2) is 48.5 Å². The first-order chi connectivity index (χ1) is 9.78. The monoisotopic (exact) mass is 267 g/mol. The summed E-state index contributed by atoms with van der Waals surface area (Å²) in [5, 5.41) is 0. The Morgan fingerprint density at radius 1 is 1.00 bits per heavy atom. The predicted octanol–water partition coefficient (Wildman–Crippen LogP) is 4.01. The van der Waals surface area contributed by atoms with Gasteiger partial charge in [-0.15, -0.1) is 0 Å². The fourth-order valence-electron chi connectivity index (χ4n) is 2.41. The van der Waals surface area contributed by atoms with Crippen molar-refractivity contribution in [2.24, 2.45) is 0 Å². The summed E-state index contributed by atoms with van der Waals surface area (Å²) in [5.74, 6) is 0. The summed E-state index contributed by atoms with van der Waals surface area (Å²) in [6, 6.07) is 16.3. The molecule has 0 N–H and O–H groups in total. The highest BCUT2D eigenvalue weighted by molar-refractivity contribution is 5.78. The highest BCUT2D eigenvalue weighted by atomic mass is 16.1. The van der Waals surface area contributed by atoms with Crippen molar-refractivity contribution in [3.05, 3.63) is 59.7 Å². The van der Waals surface area contributed by atoms with E-state index in [0.717, 1.165) is 31.5 Å². The zero-order valence-corrected chi connectivity index (χ0v) is 12.2. The second-order valence-electron chi connectivity index (χ2n) is 4.86. The molecule has 2 rings (SSSR count). The molecule has 2 aromatic carbocycles. The Hall–Kier alpha value is -1.93. The largest absolute Gasteiger partial charge is 0.300 e. The molecule has 2 aromatic rings. The van der Waals surface area contributed by atoms with Crippen LogP contribution in [0.5, 0.6) is 0 Å². The predicted molar refractivity (Wildman–Crippen MR) is 83.9 cm³/mol. The number of carbonyl (C=O) groups excluding carboxylic acids is 1. The molecule has 0 aliphatic heterocycles. The van der Waals surface area contributed by atoms with Gasteiger partial charge in [0.05, 0.1) is 0 Å². The van der Waals surface area contributed by atoms with Gasteiger partial charge in [-0.05, 0) is 35.8 Å². The highest BCUT2D eigenvalue weighted by Gasteiger charge is 2.09. The summed E-state index contributed by atoms with van der Waals surface area (Å²) in [6.45, 7) is 7.22. The van der Waals surface area contributed by atoms with Crippen molar-refractivity contribution < 1.29 is 4.79 Å². The molecule has 0 aliphatic carbocycles. The number of hydrogen-bond acceptors (Lipinski definition) is 2. The van der Waals surface area contributed by atoms with Gasteiger partial charge in [0, 0.05) is 12.1 Å². The van der Waals surface area contributed by atoms with Crippen LogP contribution < -0.4 is 0 Å². The molecule has 0 spiro atoms. The van der Waals surface area contributed by atoms with E-state index in [1.807, 2.05) is 30.3 Å². The molecule has 0 bridgehead atoms. The van der Waals surface area contributed by atoms with E-state index in [0.29, 0.717) is 0 Å². The summed E-state index contributed by atoms with van der Waals surface area (Å²) in [4.78, 5) is 13.4. The van der Waals surface area contributed by atoms with Crippen LogP contribution in [-0.2, 0) is 6.54 Å². The molecule has 0 amide bonds. The zero-order valence-electron chi connectivity index (χ0n) is 12.2. The van der Waals surface area contributed by atoms with Crippen molar-refractivity contribution in [2.45, 2.75) is 20.4 Å². The Kier molecular flexibility index (Phi) is 5.08. The van der Waals surface area contributed by atoms with Crippen LogP contribution in [0.1, 0.15) is 29.8 Å². The van der Waals surface area contributed by atoms with Gasteiger partial charge < -0.3 is 0 Å². The fraction of sp³-hybridized carbons (Fsp3) is 0.278. The number of carbonyl (C=O) groups is 1. The maximum absolute atomic E-state index is 11.0. The minimum Gasteiger partial charge on any atom is -0.300 e. The maximum atomic E-state index is 11.0. The molecule has 0 unspecified atom stereocenters. The second kappa shape index (κ2) is 7.01. The summed E-state index contributed by atoms with van der Waals surface area (Å²) in [6.07, 6.45) is 0.917. The lowest BCUT2D eigenvalue weighted by Crippen LogP contribution is -2.22. The van der Waals surface area contributed by atoms with E-state index in [1.165, 1.54) is 16.7 Å². The quantitative estimate of drug-likeness (QED) is 0.737. The molecule has 0 heterocycles. The Morgan fingerprint density at radius 3 is 2.30 bits per heavy atom. The molecule has 0 radical (unpaired) electrons. The molecule has 20 heavy (non-hydrogen) atoms. The van der Waals surface area contributed by atoms with Crippen molar-refractivity contribution in [2.75, 3.05) is 13.1 Å². The fourth-order valence-corrected chi connectivity index (χ4v) is 2.41. The first-order valence-corrected chi connectivity index (χ1v) is 7.14. The van der Waals surface area contributed by atoms with Gasteiger partial charge in [0.1, 0.15) is 6.29 Å². The van der Waals surface area contributed by atoms with E-state index in [1.54, 1.807) is 0 Å². The van der Waals surface area contributed by atoms with Crippen LogP contribution >= 0.6 is 0 Å². The summed E-state index contributed by atoms with van der Waals surface area (Å²) >= 11 is 0. The summed E-state index contributed by atoms with van der Waals surface area (Å²) in [5.41, 5.74) is 4.37. The standard InChI is InChI=1S/C18H21NO/c1-3-19(4-2)13-17-12-15(14-20)10-11-18(17)16-8-6-5-7-9-16/h5-12,14H,3-4,13H2,1-2H3. The van der Waals surface area contributed by atoms with E-state index in [4.69, 9.17) is 0 Å². The van der Waals surface area contributed by atoms with E-state index in [-0.39, 0.29) is 0 Å².